The maximum absolute atomic E-state index is 13.5. The predicted octanol–water partition coefficient (Wildman–Crippen LogP) is 0.504. The molecular weight excluding hydrogens is 580 g/mol. The van der Waals surface area contributed by atoms with Crippen molar-refractivity contribution in [3.05, 3.63) is 47.6 Å². The number of hydrogen-bond acceptors (Lipinski definition) is 7. The summed E-state index contributed by atoms with van der Waals surface area (Å²) in [4.78, 5) is 19.1. The van der Waals surface area contributed by atoms with Crippen molar-refractivity contribution in [2.75, 3.05) is 39.8 Å². The Kier molecular flexibility index (Phi) is 7.32. The van der Waals surface area contributed by atoms with Gasteiger partial charge in [-0.3, -0.25) is 4.90 Å². The normalized spacial score (nSPS) is 50.2. The second-order valence-corrected chi connectivity index (χ2v) is 16.0. The van der Waals surface area contributed by atoms with Crippen molar-refractivity contribution in [1.82, 2.24) is 5.32 Å². The van der Waals surface area contributed by atoms with Crippen LogP contribution in [0, 0.1) is 51.8 Å². The number of hydrogen-bond donors (Lipinski definition) is 5. The number of fused-ring (bicyclic) bond motifs is 3. The lowest BCUT2D eigenvalue weighted by molar-refractivity contribution is -0.831. The molecule has 9 nitrogen and oxygen atoms in total. The average Bonchev–Trinajstić information content (AvgIpc) is 3.42. The molecule has 9 heteroatoms. The van der Waals surface area contributed by atoms with Crippen LogP contribution >= 0.6 is 0 Å². The first-order valence-corrected chi connectivity index (χ1v) is 18.0. The van der Waals surface area contributed by atoms with E-state index in [2.05, 4.69) is 53.7 Å². The molecular formula is C37H52N4O5. The summed E-state index contributed by atoms with van der Waals surface area (Å²) in [6.45, 7) is 5.11. The number of guanidine groups is 1. The molecule has 2 heterocycles. The Balaban J connectivity index is 1.30. The fourth-order valence-corrected chi connectivity index (χ4v) is 13.3. The number of likely N-dealkylation sites (tertiary alicyclic amines) is 1. The second kappa shape index (κ2) is 10.9. The molecule has 8 aliphatic rings. The Bertz CT molecular complexity index is 1440. The average molecular weight is 633 g/mol. The monoisotopic (exact) mass is 632 g/mol. The van der Waals surface area contributed by atoms with Gasteiger partial charge in [0.25, 0.3) is 5.96 Å². The van der Waals surface area contributed by atoms with Gasteiger partial charge in [-0.2, -0.15) is 0 Å². The highest BCUT2D eigenvalue weighted by atomic mass is 16.5. The zero-order valence-corrected chi connectivity index (χ0v) is 27.4. The van der Waals surface area contributed by atoms with E-state index < -0.39 is 29.0 Å². The minimum Gasteiger partial charge on any atom is -0.545 e. The lowest BCUT2D eigenvalue weighted by atomic mass is 9.36. The van der Waals surface area contributed by atoms with Gasteiger partial charge in [-0.05, 0) is 68.6 Å². The quantitative estimate of drug-likeness (QED) is 0.124. The zero-order valence-electron chi connectivity index (χ0n) is 27.4. The molecule has 250 valence electrons. The van der Waals surface area contributed by atoms with Crippen LogP contribution in [0.4, 0.5) is 0 Å². The molecule has 0 aromatic carbocycles. The Labute approximate surface area is 272 Å². The van der Waals surface area contributed by atoms with Crippen LogP contribution in [0.15, 0.2) is 52.6 Å². The summed E-state index contributed by atoms with van der Waals surface area (Å²) >= 11 is 0. The highest BCUT2D eigenvalue weighted by molar-refractivity contribution is 5.91. The van der Waals surface area contributed by atoms with E-state index in [0.717, 1.165) is 62.1 Å². The molecule has 0 amide bonds. The molecule has 13 atom stereocenters. The van der Waals surface area contributed by atoms with Crippen LogP contribution in [0.2, 0.25) is 0 Å². The summed E-state index contributed by atoms with van der Waals surface area (Å²) in [6.07, 6.45) is 20.0. The number of nitrogens with zero attached hydrogens (tertiary/aromatic N) is 1. The molecule has 46 heavy (non-hydrogen) atoms. The molecule has 6 N–H and O–H groups in total. The smallest absolute Gasteiger partial charge is 0.293 e. The topological polar surface area (TPSA) is 145 Å². The van der Waals surface area contributed by atoms with Crippen LogP contribution in [0.1, 0.15) is 58.3 Å². The maximum Gasteiger partial charge on any atom is 0.293 e. The molecule has 0 aromatic heterocycles. The summed E-state index contributed by atoms with van der Waals surface area (Å²) < 4.78 is 7.09. The number of allylic oxidation sites excluding steroid dienone is 4. The molecule has 5 fully saturated rings. The third kappa shape index (κ3) is 3.70. The Hall–Kier alpha value is -2.30. The number of nitrogens with two attached hydrogens (primary N) is 1. The first-order chi connectivity index (χ1) is 22.2. The van der Waals surface area contributed by atoms with Crippen molar-refractivity contribution in [2.24, 2.45) is 62.5 Å². The Morgan fingerprint density at radius 2 is 1.98 bits per heavy atom. The largest absolute Gasteiger partial charge is 0.545 e. The molecule has 2 bridgehead atoms. The number of aliphatic hydroxyl groups is 2. The molecule has 0 radical (unpaired) electrons. The van der Waals surface area contributed by atoms with Crippen molar-refractivity contribution < 1.29 is 29.8 Å². The van der Waals surface area contributed by atoms with E-state index >= 15 is 0 Å². The number of carboxylic acids is 1. The number of aliphatic hydroxyl groups excluding tert-OH is 1. The standard InChI is InChI=1S/C37H52N4O5/c1-22-7-11-25-19-27-30(32(43)44)37(45,29-12-10-24-9-8-23-5-3-4-6-26(23)31(24)46-29)28-13-14-34(20-40-16-18-42)15-17-41(33(38)39-2)21-35(25,34)36(22,27)28/h3-6,13-14,22-26,28-29,31,40,42,45H,7-12,15-21H2,1-2H3,(H2,38,39)(H,43,44)/t22-,23+,24-,25-,26+,28+,29-,31+,34-,35-,36+,37-/m1/s1. The number of rotatable bonds is 6. The Morgan fingerprint density at radius 3 is 2.76 bits per heavy atom. The van der Waals surface area contributed by atoms with Gasteiger partial charge in [0.15, 0.2) is 0 Å². The van der Waals surface area contributed by atoms with E-state index in [1.165, 1.54) is 0 Å². The first-order valence-electron chi connectivity index (χ1n) is 18.0. The highest BCUT2D eigenvalue weighted by Crippen LogP contribution is 2.83. The van der Waals surface area contributed by atoms with Crippen molar-refractivity contribution in [2.45, 2.75) is 76.1 Å². The van der Waals surface area contributed by atoms with E-state index in [-0.39, 0.29) is 46.9 Å². The number of quaternary nitrogens is 1. The van der Waals surface area contributed by atoms with Crippen LogP contribution in [0.5, 0.6) is 0 Å². The van der Waals surface area contributed by atoms with Gasteiger partial charge in [-0.25, -0.2) is 4.99 Å². The van der Waals surface area contributed by atoms with Gasteiger partial charge in [0.2, 0.25) is 0 Å². The molecule has 2 aliphatic heterocycles. The number of carbonyl (C=O) groups excluding carboxylic acids is 1. The maximum atomic E-state index is 13.5. The lowest BCUT2D eigenvalue weighted by Crippen LogP contribution is -3.19. The van der Waals surface area contributed by atoms with Crippen molar-refractivity contribution >= 4 is 11.9 Å². The number of carboxylic acid groups (broad SMARTS) is 1. The molecule has 0 aromatic rings. The summed E-state index contributed by atoms with van der Waals surface area (Å²) in [7, 11) is 1.75. The molecule has 8 rings (SSSR count). The van der Waals surface area contributed by atoms with Gasteiger partial charge in [0.1, 0.15) is 5.60 Å². The molecule has 1 unspecified atom stereocenters. The highest BCUT2D eigenvalue weighted by Gasteiger charge is 2.83. The van der Waals surface area contributed by atoms with E-state index in [0.29, 0.717) is 43.7 Å². The minimum absolute atomic E-state index is 0.0383. The van der Waals surface area contributed by atoms with Gasteiger partial charge in [-0.15, -0.1) is 0 Å². The fraction of sp³-hybridized carbons (Fsp3) is 0.730. The number of carbonyl (C=O) groups is 1. The van der Waals surface area contributed by atoms with Crippen LogP contribution in [-0.4, -0.2) is 79.8 Å². The predicted molar refractivity (Wildman–Crippen MR) is 172 cm³/mol. The number of nitrogens with one attached hydrogen (secondary N) is 2. The lowest BCUT2D eigenvalue weighted by Gasteiger charge is -2.69. The van der Waals surface area contributed by atoms with Crippen molar-refractivity contribution in [3.63, 3.8) is 0 Å². The third-order valence-corrected chi connectivity index (χ3v) is 14.8. The number of ether oxygens (including phenoxy) is 1. The van der Waals surface area contributed by atoms with Crippen molar-refractivity contribution in [3.8, 4) is 0 Å². The van der Waals surface area contributed by atoms with E-state index in [9.17, 15) is 20.1 Å². The Morgan fingerprint density at radius 1 is 1.17 bits per heavy atom. The van der Waals surface area contributed by atoms with Gasteiger partial charge in [0, 0.05) is 60.2 Å². The number of piperidine rings is 1. The van der Waals surface area contributed by atoms with E-state index in [1.807, 2.05) is 0 Å². The second-order valence-electron chi connectivity index (χ2n) is 16.0. The van der Waals surface area contributed by atoms with Crippen LogP contribution in [0.3, 0.4) is 0 Å². The number of aliphatic imine (C=N–C) groups is 1. The summed E-state index contributed by atoms with van der Waals surface area (Å²) in [6, 6.07) is 0. The van der Waals surface area contributed by atoms with Crippen LogP contribution < -0.4 is 21.1 Å². The summed E-state index contributed by atoms with van der Waals surface area (Å²) in [5.74, 6) is 0.398. The summed E-state index contributed by atoms with van der Waals surface area (Å²) in [5.41, 5.74) is 4.74. The van der Waals surface area contributed by atoms with Crippen molar-refractivity contribution in [1.29, 1.82) is 0 Å². The minimum atomic E-state index is -1.69. The van der Waals surface area contributed by atoms with Crippen LogP contribution in [-0.2, 0) is 9.53 Å². The van der Waals surface area contributed by atoms with Crippen LogP contribution in [0.25, 0.3) is 0 Å². The van der Waals surface area contributed by atoms with Gasteiger partial charge >= 0.3 is 0 Å². The molecule has 2 spiro atoms. The molecule has 2 saturated heterocycles. The summed E-state index contributed by atoms with van der Waals surface area (Å²) in [5, 5.41) is 40.2. The van der Waals surface area contributed by atoms with E-state index in [4.69, 9.17) is 10.5 Å². The zero-order chi connectivity index (χ0) is 32.1. The van der Waals surface area contributed by atoms with Gasteiger partial charge in [-0.1, -0.05) is 49.0 Å². The molecule has 6 aliphatic carbocycles. The number of aliphatic carboxylic acids is 1. The van der Waals surface area contributed by atoms with Gasteiger partial charge in [0.05, 0.1) is 37.9 Å². The SMILES string of the molecule is CN=C(N)[NH+]1CC[C@@]2(CNCCO)C=C[C@@H]3[C@@](O)([C@H]4CC[C@H]5CC[C@@H]6C=CC=C[C@@H]6[C@H]5O4)C(C(=O)[O-])=C4C[C@H]5CC[C@@H](C)[C@]43[C@]52C1. The first kappa shape index (κ1) is 31.0. The molecule has 3 saturated carbocycles. The van der Waals surface area contributed by atoms with E-state index in [1.54, 1.807) is 7.05 Å². The van der Waals surface area contributed by atoms with Gasteiger partial charge < -0.3 is 35.9 Å². The third-order valence-electron chi connectivity index (χ3n) is 14.8. The fourth-order valence-electron chi connectivity index (χ4n) is 13.3.